The molecular weight excluding hydrogens is 307 g/mol. The second-order valence-corrected chi connectivity index (χ2v) is 5.61. The molecule has 1 aromatic carbocycles. The lowest BCUT2D eigenvalue weighted by Gasteiger charge is -2.13. The first-order valence-electron chi connectivity index (χ1n) is 7.37. The van der Waals surface area contributed by atoms with Crippen molar-refractivity contribution in [3.05, 3.63) is 41.2 Å². The lowest BCUT2D eigenvalue weighted by molar-refractivity contribution is -0.140. The molecule has 2 aromatic rings. The van der Waals surface area contributed by atoms with Gasteiger partial charge in [0.1, 0.15) is 5.82 Å². The van der Waals surface area contributed by atoms with Crippen LogP contribution in [0.2, 0.25) is 0 Å². The molecule has 4 nitrogen and oxygen atoms in total. The molecule has 0 aliphatic heterocycles. The van der Waals surface area contributed by atoms with Crippen LogP contribution < -0.4 is 5.73 Å². The number of aromatic nitrogens is 2. The Morgan fingerprint density at radius 3 is 2.48 bits per heavy atom. The van der Waals surface area contributed by atoms with Crippen LogP contribution in [0.3, 0.4) is 0 Å². The van der Waals surface area contributed by atoms with Gasteiger partial charge in [0.15, 0.2) is 5.69 Å². The van der Waals surface area contributed by atoms with Gasteiger partial charge in [-0.25, -0.2) is 4.98 Å². The molecule has 0 spiro atoms. The van der Waals surface area contributed by atoms with Gasteiger partial charge in [-0.3, -0.25) is 0 Å². The standard InChI is InChI=1S/C16H20F3N3O/c1-10(2)22-9-14(16(17,18)19)21-15(22)12-3-4-13(8-20)11(7-12)5-6-23/h3-4,7,9-10,23H,5-6,8,20H2,1-2H3. The largest absolute Gasteiger partial charge is 0.434 e. The zero-order valence-electron chi connectivity index (χ0n) is 13.1. The minimum atomic E-state index is -4.49. The number of aliphatic hydroxyl groups is 1. The Balaban J connectivity index is 2.56. The summed E-state index contributed by atoms with van der Waals surface area (Å²) in [6.07, 6.45) is -3.06. The van der Waals surface area contributed by atoms with E-state index >= 15 is 0 Å². The number of imidazole rings is 1. The second-order valence-electron chi connectivity index (χ2n) is 5.61. The minimum absolute atomic E-state index is 0.0527. The van der Waals surface area contributed by atoms with E-state index in [0.717, 1.165) is 17.3 Å². The molecule has 126 valence electrons. The maximum Gasteiger partial charge on any atom is 0.434 e. The number of hydrogen-bond acceptors (Lipinski definition) is 3. The molecule has 0 bridgehead atoms. The molecule has 23 heavy (non-hydrogen) atoms. The zero-order chi connectivity index (χ0) is 17.2. The molecule has 7 heteroatoms. The molecule has 2 rings (SSSR count). The SMILES string of the molecule is CC(C)n1cc(C(F)(F)F)nc1-c1ccc(CN)c(CCO)c1. The van der Waals surface area contributed by atoms with Crippen LogP contribution in [0.15, 0.2) is 24.4 Å². The van der Waals surface area contributed by atoms with Crippen molar-refractivity contribution in [3.63, 3.8) is 0 Å². The first-order chi connectivity index (χ1) is 10.8. The molecule has 0 radical (unpaired) electrons. The van der Waals surface area contributed by atoms with Crippen LogP contribution in [-0.4, -0.2) is 21.3 Å². The summed E-state index contributed by atoms with van der Waals surface area (Å²) in [5.41, 5.74) is 7.01. The molecule has 0 fully saturated rings. The summed E-state index contributed by atoms with van der Waals surface area (Å²) in [5.74, 6) is 0.259. The van der Waals surface area contributed by atoms with Gasteiger partial charge in [-0.2, -0.15) is 13.2 Å². The lowest BCUT2D eigenvalue weighted by atomic mass is 10.0. The van der Waals surface area contributed by atoms with E-state index < -0.39 is 11.9 Å². The van der Waals surface area contributed by atoms with Gasteiger partial charge in [-0.05, 0) is 37.5 Å². The van der Waals surface area contributed by atoms with Crippen molar-refractivity contribution in [2.75, 3.05) is 6.61 Å². The number of nitrogens with zero attached hydrogens (tertiary/aromatic N) is 2. The molecular formula is C16H20F3N3O. The Hall–Kier alpha value is -1.86. The molecule has 0 amide bonds. The third kappa shape index (κ3) is 3.73. The zero-order valence-corrected chi connectivity index (χ0v) is 13.1. The molecule has 1 heterocycles. The first-order valence-corrected chi connectivity index (χ1v) is 7.37. The summed E-state index contributed by atoms with van der Waals surface area (Å²) in [5, 5.41) is 9.14. The molecule has 0 unspecified atom stereocenters. The maximum absolute atomic E-state index is 13.0. The molecule has 0 saturated heterocycles. The van der Waals surface area contributed by atoms with E-state index in [1.807, 2.05) is 0 Å². The van der Waals surface area contributed by atoms with Gasteiger partial charge in [0.2, 0.25) is 0 Å². The van der Waals surface area contributed by atoms with E-state index in [2.05, 4.69) is 4.98 Å². The average molecular weight is 327 g/mol. The smallest absolute Gasteiger partial charge is 0.396 e. The third-order valence-electron chi connectivity index (χ3n) is 3.64. The fourth-order valence-corrected chi connectivity index (χ4v) is 2.45. The predicted molar refractivity (Wildman–Crippen MR) is 81.7 cm³/mol. The van der Waals surface area contributed by atoms with Crippen LogP contribution in [0.25, 0.3) is 11.4 Å². The summed E-state index contributed by atoms with van der Waals surface area (Å²) in [6, 6.07) is 5.07. The van der Waals surface area contributed by atoms with Gasteiger partial charge >= 0.3 is 6.18 Å². The highest BCUT2D eigenvalue weighted by molar-refractivity contribution is 5.59. The highest BCUT2D eigenvalue weighted by Gasteiger charge is 2.35. The van der Waals surface area contributed by atoms with Gasteiger partial charge in [0, 0.05) is 31.0 Å². The average Bonchev–Trinajstić information content (AvgIpc) is 2.93. The Morgan fingerprint density at radius 2 is 1.96 bits per heavy atom. The molecule has 0 saturated carbocycles. The van der Waals surface area contributed by atoms with Gasteiger partial charge in [-0.1, -0.05) is 12.1 Å². The number of hydrogen-bond donors (Lipinski definition) is 2. The van der Waals surface area contributed by atoms with Gasteiger partial charge < -0.3 is 15.4 Å². The van der Waals surface area contributed by atoms with Crippen molar-refractivity contribution in [3.8, 4) is 11.4 Å². The van der Waals surface area contributed by atoms with Gasteiger partial charge in [0.25, 0.3) is 0 Å². The number of rotatable bonds is 5. The number of benzene rings is 1. The predicted octanol–water partition coefficient (Wildman–Crippen LogP) is 3.14. The highest BCUT2D eigenvalue weighted by Crippen LogP contribution is 2.33. The molecule has 0 atom stereocenters. The monoisotopic (exact) mass is 327 g/mol. The van der Waals surface area contributed by atoms with Crippen molar-refractivity contribution in [1.82, 2.24) is 9.55 Å². The number of aliphatic hydroxyl groups excluding tert-OH is 1. The second kappa shape index (κ2) is 6.72. The Morgan fingerprint density at radius 1 is 1.26 bits per heavy atom. The summed E-state index contributed by atoms with van der Waals surface area (Å²) >= 11 is 0. The van der Waals surface area contributed by atoms with E-state index in [0.29, 0.717) is 18.5 Å². The topological polar surface area (TPSA) is 64.1 Å². The molecule has 0 aliphatic carbocycles. The van der Waals surface area contributed by atoms with Crippen LogP contribution in [-0.2, 0) is 19.1 Å². The van der Waals surface area contributed by atoms with Crippen molar-refractivity contribution in [1.29, 1.82) is 0 Å². The maximum atomic E-state index is 13.0. The van der Waals surface area contributed by atoms with Crippen molar-refractivity contribution >= 4 is 0 Å². The summed E-state index contributed by atoms with van der Waals surface area (Å²) in [4.78, 5) is 3.77. The summed E-state index contributed by atoms with van der Waals surface area (Å²) in [6.45, 7) is 3.85. The van der Waals surface area contributed by atoms with Crippen LogP contribution >= 0.6 is 0 Å². The third-order valence-corrected chi connectivity index (χ3v) is 3.64. The number of halogens is 3. The highest BCUT2D eigenvalue weighted by atomic mass is 19.4. The van der Waals surface area contributed by atoms with Crippen LogP contribution in [0.1, 0.15) is 36.7 Å². The molecule has 3 N–H and O–H groups in total. The first kappa shape index (κ1) is 17.5. The quantitative estimate of drug-likeness (QED) is 0.887. The Labute approximate surface area is 132 Å². The molecule has 1 aromatic heterocycles. The molecule has 0 aliphatic rings. The summed E-state index contributed by atoms with van der Waals surface area (Å²) in [7, 11) is 0. The normalized spacial score (nSPS) is 12.2. The van der Waals surface area contributed by atoms with Crippen LogP contribution in [0, 0.1) is 0 Å². The van der Waals surface area contributed by atoms with Crippen molar-refractivity contribution in [2.45, 2.75) is 39.0 Å². The number of alkyl halides is 3. The fraction of sp³-hybridized carbons (Fsp3) is 0.438. The summed E-state index contributed by atoms with van der Waals surface area (Å²) < 4.78 is 40.4. The van der Waals surface area contributed by atoms with E-state index in [1.54, 1.807) is 32.0 Å². The minimum Gasteiger partial charge on any atom is -0.396 e. The van der Waals surface area contributed by atoms with E-state index in [4.69, 9.17) is 10.8 Å². The van der Waals surface area contributed by atoms with E-state index in [9.17, 15) is 13.2 Å². The Kier molecular flexibility index (Phi) is 5.11. The van der Waals surface area contributed by atoms with Crippen molar-refractivity contribution in [2.24, 2.45) is 5.73 Å². The van der Waals surface area contributed by atoms with E-state index in [1.165, 1.54) is 4.57 Å². The fourth-order valence-electron chi connectivity index (χ4n) is 2.45. The van der Waals surface area contributed by atoms with Gasteiger partial charge in [-0.15, -0.1) is 0 Å². The van der Waals surface area contributed by atoms with E-state index in [-0.39, 0.29) is 18.5 Å². The van der Waals surface area contributed by atoms with Crippen LogP contribution in [0.5, 0.6) is 0 Å². The lowest BCUT2D eigenvalue weighted by Crippen LogP contribution is -2.05. The number of nitrogens with two attached hydrogens (primary N) is 1. The van der Waals surface area contributed by atoms with Gasteiger partial charge in [0.05, 0.1) is 0 Å². The van der Waals surface area contributed by atoms with Crippen molar-refractivity contribution < 1.29 is 18.3 Å². The Bertz CT molecular complexity index is 678. The van der Waals surface area contributed by atoms with Crippen LogP contribution in [0.4, 0.5) is 13.2 Å².